The minimum absolute atomic E-state index is 0.560. The summed E-state index contributed by atoms with van der Waals surface area (Å²) in [6.45, 7) is 9.38. The van der Waals surface area contributed by atoms with Crippen LogP contribution in [0.4, 0.5) is 0 Å². The summed E-state index contributed by atoms with van der Waals surface area (Å²) in [6, 6.07) is 0. The first-order valence-electron chi connectivity index (χ1n) is 3.74. The summed E-state index contributed by atoms with van der Waals surface area (Å²) in [7, 11) is 0. The first-order valence-corrected chi connectivity index (χ1v) is 3.74. The third-order valence-electron chi connectivity index (χ3n) is 2.27. The SMILES string of the molecule is CC(C)C(C)C(C)C[NH]. The van der Waals surface area contributed by atoms with Crippen molar-refractivity contribution >= 4 is 0 Å². The normalized spacial score (nSPS) is 18.0. The van der Waals surface area contributed by atoms with Gasteiger partial charge in [-0.2, -0.15) is 0 Å². The second-order valence-corrected chi connectivity index (χ2v) is 3.28. The Balaban J connectivity index is 3.58. The first-order chi connectivity index (χ1) is 4.09. The molecule has 9 heavy (non-hydrogen) atoms. The number of hydrogen-bond donors (Lipinski definition) is 0. The Labute approximate surface area is 58.6 Å². The Bertz CT molecular complexity index is 69.0. The van der Waals surface area contributed by atoms with Crippen LogP contribution in [0.2, 0.25) is 0 Å². The zero-order valence-corrected chi connectivity index (χ0v) is 6.94. The molecule has 0 aliphatic carbocycles. The summed E-state index contributed by atoms with van der Waals surface area (Å²) in [5, 5.41) is 0. The van der Waals surface area contributed by atoms with E-state index in [4.69, 9.17) is 5.73 Å². The summed E-state index contributed by atoms with van der Waals surface area (Å²) in [4.78, 5) is 0. The van der Waals surface area contributed by atoms with Crippen molar-refractivity contribution in [3.63, 3.8) is 0 Å². The molecular weight excluding hydrogens is 110 g/mol. The largest absolute Gasteiger partial charge is 0.258 e. The Morgan fingerprint density at radius 3 is 1.67 bits per heavy atom. The lowest BCUT2D eigenvalue weighted by atomic mass is 9.86. The van der Waals surface area contributed by atoms with Gasteiger partial charge in [-0.25, -0.2) is 0 Å². The van der Waals surface area contributed by atoms with E-state index >= 15 is 0 Å². The fourth-order valence-electron chi connectivity index (χ4n) is 0.843. The highest BCUT2D eigenvalue weighted by molar-refractivity contribution is 4.64. The standard InChI is InChI=1S/C8H18N/c1-6(2)8(4)7(3)5-9/h6-9H,5H2,1-4H3. The van der Waals surface area contributed by atoms with Crippen LogP contribution >= 0.6 is 0 Å². The lowest BCUT2D eigenvalue weighted by Crippen LogP contribution is -2.17. The second-order valence-electron chi connectivity index (χ2n) is 3.28. The predicted molar refractivity (Wildman–Crippen MR) is 41.1 cm³/mol. The van der Waals surface area contributed by atoms with Crippen LogP contribution in [0, 0.1) is 17.8 Å². The molecule has 0 aliphatic heterocycles. The van der Waals surface area contributed by atoms with Gasteiger partial charge < -0.3 is 0 Å². The Morgan fingerprint density at radius 2 is 1.56 bits per heavy atom. The average molecular weight is 128 g/mol. The molecule has 0 fully saturated rings. The van der Waals surface area contributed by atoms with Crippen molar-refractivity contribution in [1.82, 2.24) is 5.73 Å². The summed E-state index contributed by atoms with van der Waals surface area (Å²) >= 11 is 0. The fourth-order valence-corrected chi connectivity index (χ4v) is 0.843. The quantitative estimate of drug-likeness (QED) is 0.556. The number of hydrogen-bond acceptors (Lipinski definition) is 0. The van der Waals surface area contributed by atoms with Gasteiger partial charge in [-0.05, 0) is 17.8 Å². The Kier molecular flexibility index (Phi) is 3.87. The molecule has 0 heterocycles. The van der Waals surface area contributed by atoms with Gasteiger partial charge in [0, 0.05) is 6.54 Å². The molecule has 0 aromatic rings. The summed E-state index contributed by atoms with van der Waals surface area (Å²) in [6.07, 6.45) is 0. The molecule has 0 amide bonds. The molecular formula is C8H18N. The van der Waals surface area contributed by atoms with Crippen LogP contribution in [0.25, 0.3) is 0 Å². The van der Waals surface area contributed by atoms with E-state index < -0.39 is 0 Å². The molecule has 2 atom stereocenters. The third kappa shape index (κ3) is 2.85. The predicted octanol–water partition coefficient (Wildman–Crippen LogP) is 2.20. The van der Waals surface area contributed by atoms with Crippen molar-refractivity contribution in [2.45, 2.75) is 27.7 Å². The van der Waals surface area contributed by atoms with Gasteiger partial charge in [0.1, 0.15) is 0 Å². The Hall–Kier alpha value is -0.0400. The highest BCUT2D eigenvalue weighted by Gasteiger charge is 2.13. The van der Waals surface area contributed by atoms with Gasteiger partial charge in [0.2, 0.25) is 0 Å². The van der Waals surface area contributed by atoms with Crippen LogP contribution in [-0.4, -0.2) is 6.54 Å². The van der Waals surface area contributed by atoms with E-state index in [1.807, 2.05) is 0 Å². The molecule has 0 bridgehead atoms. The van der Waals surface area contributed by atoms with Crippen molar-refractivity contribution in [2.75, 3.05) is 6.54 Å². The van der Waals surface area contributed by atoms with Crippen molar-refractivity contribution in [3.05, 3.63) is 0 Å². The monoisotopic (exact) mass is 128 g/mol. The number of rotatable bonds is 3. The molecule has 0 rings (SSSR count). The molecule has 0 aromatic carbocycles. The van der Waals surface area contributed by atoms with E-state index in [9.17, 15) is 0 Å². The summed E-state index contributed by atoms with van der Waals surface area (Å²) in [5.74, 6) is 1.98. The van der Waals surface area contributed by atoms with E-state index in [1.165, 1.54) is 0 Å². The maximum Gasteiger partial charge on any atom is 0.0128 e. The van der Waals surface area contributed by atoms with Crippen LogP contribution < -0.4 is 5.73 Å². The van der Waals surface area contributed by atoms with Crippen molar-refractivity contribution in [1.29, 1.82) is 0 Å². The lowest BCUT2D eigenvalue weighted by molar-refractivity contribution is 0.300. The minimum atomic E-state index is 0.560. The second kappa shape index (κ2) is 3.89. The molecule has 1 heteroatoms. The van der Waals surface area contributed by atoms with Crippen LogP contribution in [0.5, 0.6) is 0 Å². The molecule has 0 spiro atoms. The summed E-state index contributed by atoms with van der Waals surface area (Å²) in [5.41, 5.74) is 7.13. The van der Waals surface area contributed by atoms with Gasteiger partial charge in [-0.3, -0.25) is 5.73 Å². The molecule has 0 saturated heterocycles. The number of nitrogens with one attached hydrogen (secondary N) is 1. The van der Waals surface area contributed by atoms with Crippen molar-refractivity contribution in [2.24, 2.45) is 17.8 Å². The molecule has 2 unspecified atom stereocenters. The van der Waals surface area contributed by atoms with Gasteiger partial charge in [-0.15, -0.1) is 0 Å². The van der Waals surface area contributed by atoms with Crippen LogP contribution in [0.15, 0.2) is 0 Å². The molecule has 0 saturated carbocycles. The van der Waals surface area contributed by atoms with E-state index in [-0.39, 0.29) is 0 Å². The lowest BCUT2D eigenvalue weighted by Gasteiger charge is -2.20. The van der Waals surface area contributed by atoms with Crippen LogP contribution in [0.1, 0.15) is 27.7 Å². The zero-order valence-electron chi connectivity index (χ0n) is 6.94. The molecule has 0 aliphatic rings. The van der Waals surface area contributed by atoms with Crippen LogP contribution in [0.3, 0.4) is 0 Å². The van der Waals surface area contributed by atoms with Crippen molar-refractivity contribution in [3.8, 4) is 0 Å². The third-order valence-corrected chi connectivity index (χ3v) is 2.27. The van der Waals surface area contributed by atoms with Gasteiger partial charge >= 0.3 is 0 Å². The smallest absolute Gasteiger partial charge is 0.0128 e. The fraction of sp³-hybridized carbons (Fsp3) is 1.00. The average Bonchev–Trinajstić information content (AvgIpc) is 1.84. The molecule has 55 valence electrons. The van der Waals surface area contributed by atoms with E-state index in [0.29, 0.717) is 18.4 Å². The molecule has 0 aromatic heterocycles. The van der Waals surface area contributed by atoms with Crippen LogP contribution in [-0.2, 0) is 0 Å². The van der Waals surface area contributed by atoms with Gasteiger partial charge in [0.25, 0.3) is 0 Å². The molecule has 1 radical (unpaired) electrons. The van der Waals surface area contributed by atoms with E-state index in [0.717, 1.165) is 5.92 Å². The van der Waals surface area contributed by atoms with Gasteiger partial charge in [0.15, 0.2) is 0 Å². The molecule has 1 nitrogen and oxygen atoms in total. The van der Waals surface area contributed by atoms with Gasteiger partial charge in [0.05, 0.1) is 0 Å². The summed E-state index contributed by atoms with van der Waals surface area (Å²) < 4.78 is 0. The highest BCUT2D eigenvalue weighted by atomic mass is 14.5. The molecule has 1 N–H and O–H groups in total. The van der Waals surface area contributed by atoms with E-state index in [2.05, 4.69) is 27.7 Å². The maximum absolute atomic E-state index is 7.13. The maximum atomic E-state index is 7.13. The van der Waals surface area contributed by atoms with Gasteiger partial charge in [-0.1, -0.05) is 27.7 Å². The minimum Gasteiger partial charge on any atom is -0.258 e. The first kappa shape index (κ1) is 8.96. The Morgan fingerprint density at radius 1 is 1.11 bits per heavy atom. The topological polar surface area (TPSA) is 23.8 Å². The van der Waals surface area contributed by atoms with Crippen molar-refractivity contribution < 1.29 is 0 Å². The zero-order chi connectivity index (χ0) is 7.44. The van der Waals surface area contributed by atoms with E-state index in [1.54, 1.807) is 0 Å². The highest BCUT2D eigenvalue weighted by Crippen LogP contribution is 2.18.